The van der Waals surface area contributed by atoms with E-state index < -0.39 is 22.5 Å². The van der Waals surface area contributed by atoms with Crippen molar-refractivity contribution in [3.8, 4) is 0 Å². The van der Waals surface area contributed by atoms with Crippen LogP contribution in [0.4, 0.5) is 5.69 Å². The van der Waals surface area contributed by atoms with E-state index in [1.807, 2.05) is 0 Å². The molecule has 1 heterocycles. The van der Waals surface area contributed by atoms with Gasteiger partial charge in [0.25, 0.3) is 17.5 Å². The number of hydrogen-bond donors (Lipinski definition) is 1. The average Bonchev–Trinajstić information content (AvgIpc) is 2.86. The fourth-order valence-electron chi connectivity index (χ4n) is 2.66. The first-order valence-corrected chi connectivity index (χ1v) is 7.34. The molecule has 0 bridgehead atoms. The van der Waals surface area contributed by atoms with Crippen molar-refractivity contribution in [3.05, 3.63) is 74.8 Å². The fraction of sp³-hybridized carbons (Fsp3) is 0.118. The van der Waals surface area contributed by atoms with Gasteiger partial charge in [0.2, 0.25) is 0 Å². The van der Waals surface area contributed by atoms with Crippen LogP contribution < -0.4 is 0 Å². The van der Waals surface area contributed by atoms with Gasteiger partial charge in [-0.3, -0.25) is 29.4 Å². The van der Waals surface area contributed by atoms with Crippen LogP contribution in [0.5, 0.6) is 0 Å². The van der Waals surface area contributed by atoms with E-state index >= 15 is 0 Å². The number of rotatable bonds is 5. The molecule has 0 saturated heterocycles. The molecule has 0 radical (unpaired) electrons. The van der Waals surface area contributed by atoms with E-state index in [9.17, 15) is 24.5 Å². The number of amides is 2. The lowest BCUT2D eigenvalue weighted by Crippen LogP contribution is -2.32. The molecule has 3 rings (SSSR count). The van der Waals surface area contributed by atoms with Gasteiger partial charge < -0.3 is 5.11 Å². The van der Waals surface area contributed by atoms with Crippen molar-refractivity contribution in [3.63, 3.8) is 0 Å². The number of hydrogen-bond acceptors (Lipinski definition) is 6. The first-order chi connectivity index (χ1) is 11.9. The Labute approximate surface area is 141 Å². The quantitative estimate of drug-likeness (QED) is 0.380. The van der Waals surface area contributed by atoms with Crippen LogP contribution in [0.2, 0.25) is 0 Å². The van der Waals surface area contributed by atoms with Gasteiger partial charge in [0.05, 0.1) is 29.2 Å². The number of aliphatic hydroxyl groups excluding tert-OH is 1. The van der Waals surface area contributed by atoms with Crippen molar-refractivity contribution >= 4 is 23.3 Å². The molecule has 2 amide bonds. The Balaban J connectivity index is 1.98. The van der Waals surface area contributed by atoms with Gasteiger partial charge in [0, 0.05) is 23.3 Å². The Kier molecular flexibility index (Phi) is 4.12. The summed E-state index contributed by atoms with van der Waals surface area (Å²) in [4.78, 5) is 48.0. The van der Waals surface area contributed by atoms with Gasteiger partial charge in [0.15, 0.2) is 5.78 Å². The Bertz CT molecular complexity index is 921. The summed E-state index contributed by atoms with van der Waals surface area (Å²) < 4.78 is 0. The summed E-state index contributed by atoms with van der Waals surface area (Å²) in [5.74, 6) is -1.60. The van der Waals surface area contributed by atoms with E-state index in [0.717, 1.165) is 11.0 Å². The second-order valence-electron chi connectivity index (χ2n) is 5.38. The smallest absolute Gasteiger partial charge is 0.270 e. The number of carbonyl (C=O) groups is 3. The highest BCUT2D eigenvalue weighted by Gasteiger charge is 2.35. The number of nitro groups is 1. The maximum Gasteiger partial charge on any atom is 0.270 e. The molecule has 25 heavy (non-hydrogen) atoms. The van der Waals surface area contributed by atoms with Crippen molar-refractivity contribution in [2.45, 2.75) is 0 Å². The van der Waals surface area contributed by atoms with Crippen LogP contribution >= 0.6 is 0 Å². The van der Waals surface area contributed by atoms with Gasteiger partial charge in [-0.15, -0.1) is 0 Å². The lowest BCUT2D eigenvalue weighted by atomic mass is 9.99. The number of nitro benzene ring substituents is 1. The van der Waals surface area contributed by atoms with Crippen LogP contribution in [0.3, 0.4) is 0 Å². The Hall–Kier alpha value is -3.39. The molecule has 1 aliphatic heterocycles. The molecule has 0 aliphatic carbocycles. The number of aliphatic hydroxyl groups is 1. The molecule has 2 aromatic carbocycles. The number of nitrogens with zero attached hydrogens (tertiary/aromatic N) is 2. The van der Waals surface area contributed by atoms with Crippen LogP contribution in [0.25, 0.3) is 0 Å². The van der Waals surface area contributed by atoms with E-state index in [-0.39, 0.29) is 41.1 Å². The molecular weight excluding hydrogens is 328 g/mol. The normalized spacial score (nSPS) is 13.1. The topological polar surface area (TPSA) is 118 Å². The summed E-state index contributed by atoms with van der Waals surface area (Å²) in [6, 6.07) is 9.33. The van der Waals surface area contributed by atoms with Crippen LogP contribution in [0, 0.1) is 10.1 Å². The van der Waals surface area contributed by atoms with Gasteiger partial charge in [-0.1, -0.05) is 18.2 Å². The zero-order valence-corrected chi connectivity index (χ0v) is 12.8. The third-order valence-electron chi connectivity index (χ3n) is 3.88. The van der Waals surface area contributed by atoms with Crippen molar-refractivity contribution in [1.82, 2.24) is 4.90 Å². The van der Waals surface area contributed by atoms with Crippen molar-refractivity contribution < 1.29 is 24.4 Å². The van der Waals surface area contributed by atoms with Gasteiger partial charge in [-0.2, -0.15) is 0 Å². The Morgan fingerprint density at radius 1 is 1.04 bits per heavy atom. The van der Waals surface area contributed by atoms with Gasteiger partial charge >= 0.3 is 0 Å². The third-order valence-corrected chi connectivity index (χ3v) is 3.88. The molecule has 1 N–H and O–H groups in total. The largest absolute Gasteiger partial charge is 0.395 e. The number of β-amino-alcohol motifs (C(OH)–C–C–N with tert-alkyl or cyclic N) is 1. The minimum atomic E-state index is -0.603. The summed E-state index contributed by atoms with van der Waals surface area (Å²) >= 11 is 0. The van der Waals surface area contributed by atoms with Crippen molar-refractivity contribution in [2.24, 2.45) is 0 Å². The summed E-state index contributed by atoms with van der Waals surface area (Å²) in [6.45, 7) is -0.481. The van der Waals surface area contributed by atoms with Crippen molar-refractivity contribution in [2.75, 3.05) is 13.2 Å². The highest BCUT2D eigenvalue weighted by Crippen LogP contribution is 2.25. The molecule has 8 heteroatoms. The number of ketones is 1. The maximum absolute atomic E-state index is 12.5. The fourth-order valence-corrected chi connectivity index (χ4v) is 2.66. The Morgan fingerprint density at radius 3 is 2.40 bits per heavy atom. The molecule has 0 saturated carbocycles. The van der Waals surface area contributed by atoms with Gasteiger partial charge in [-0.25, -0.2) is 0 Å². The number of carbonyl (C=O) groups excluding carboxylic acids is 3. The molecular formula is C17H12N2O6. The van der Waals surface area contributed by atoms with Crippen molar-refractivity contribution in [1.29, 1.82) is 0 Å². The minimum Gasteiger partial charge on any atom is -0.395 e. The van der Waals surface area contributed by atoms with Crippen LogP contribution in [-0.2, 0) is 0 Å². The molecule has 126 valence electrons. The number of fused-ring (bicyclic) bond motifs is 1. The lowest BCUT2D eigenvalue weighted by molar-refractivity contribution is -0.384. The highest BCUT2D eigenvalue weighted by molar-refractivity contribution is 6.22. The third kappa shape index (κ3) is 2.79. The number of non-ortho nitro benzene ring substituents is 1. The van der Waals surface area contributed by atoms with Crippen LogP contribution in [0.1, 0.15) is 36.6 Å². The monoisotopic (exact) mass is 340 g/mol. The zero-order chi connectivity index (χ0) is 18.1. The van der Waals surface area contributed by atoms with Crippen LogP contribution in [0.15, 0.2) is 42.5 Å². The molecule has 1 aliphatic rings. The Morgan fingerprint density at radius 2 is 1.72 bits per heavy atom. The molecule has 0 atom stereocenters. The van der Waals surface area contributed by atoms with E-state index in [4.69, 9.17) is 5.11 Å². The van der Waals surface area contributed by atoms with E-state index in [0.29, 0.717) is 0 Å². The molecule has 0 fully saturated rings. The first kappa shape index (κ1) is 16.5. The molecule has 0 aromatic heterocycles. The second-order valence-corrected chi connectivity index (χ2v) is 5.38. The predicted molar refractivity (Wildman–Crippen MR) is 85.4 cm³/mol. The minimum absolute atomic E-state index is 0.0785. The summed E-state index contributed by atoms with van der Waals surface area (Å²) in [5, 5.41) is 19.8. The van der Waals surface area contributed by atoms with Gasteiger partial charge in [-0.05, 0) is 12.1 Å². The number of benzene rings is 2. The zero-order valence-electron chi connectivity index (χ0n) is 12.8. The summed E-state index contributed by atoms with van der Waals surface area (Å²) in [6.07, 6.45) is 0. The first-order valence-electron chi connectivity index (χ1n) is 7.34. The molecule has 8 nitrogen and oxygen atoms in total. The summed E-state index contributed by atoms with van der Waals surface area (Å²) in [5.41, 5.74) is 0.278. The number of imide groups is 1. The van der Waals surface area contributed by atoms with E-state index in [1.54, 1.807) is 0 Å². The average molecular weight is 340 g/mol. The SMILES string of the molecule is O=C(c1cccc([N+](=O)[O-])c1)c1ccc2c(c1)C(=O)N(CCO)C2=O. The lowest BCUT2D eigenvalue weighted by Gasteiger charge is -2.10. The second kappa shape index (κ2) is 6.25. The summed E-state index contributed by atoms with van der Waals surface area (Å²) in [7, 11) is 0. The van der Waals surface area contributed by atoms with E-state index in [2.05, 4.69) is 0 Å². The molecule has 0 unspecified atom stereocenters. The highest BCUT2D eigenvalue weighted by atomic mass is 16.6. The van der Waals surface area contributed by atoms with Crippen LogP contribution in [-0.4, -0.2) is 45.7 Å². The van der Waals surface area contributed by atoms with Gasteiger partial charge in [0.1, 0.15) is 0 Å². The predicted octanol–water partition coefficient (Wildman–Crippen LogP) is 1.41. The molecule has 2 aromatic rings. The van der Waals surface area contributed by atoms with E-state index in [1.165, 1.54) is 36.4 Å². The standard InChI is InChI=1S/C17H12N2O6/c20-7-6-18-16(22)13-5-4-11(9-14(13)17(18)23)15(21)10-2-1-3-12(8-10)19(24)25/h1-5,8-9,20H,6-7H2. The molecule has 0 spiro atoms. The maximum atomic E-state index is 12.5.